The molecule has 0 unspecified atom stereocenters. The third-order valence-electron chi connectivity index (χ3n) is 6.90. The Hall–Kier alpha value is -3.20. The quantitative estimate of drug-likeness (QED) is 0.506. The van der Waals surface area contributed by atoms with Crippen LogP contribution in [0.2, 0.25) is 0 Å². The van der Waals surface area contributed by atoms with E-state index in [4.69, 9.17) is 14.2 Å². The molecule has 1 aliphatic rings. The average molecular weight is 481 g/mol. The second-order valence-electron chi connectivity index (χ2n) is 8.89. The van der Waals surface area contributed by atoms with E-state index in [0.717, 1.165) is 15.7 Å². The molecule has 0 amide bonds. The van der Waals surface area contributed by atoms with E-state index in [9.17, 15) is 14.7 Å². The molecule has 2 aromatic carbocycles. The minimum absolute atomic E-state index is 0.0962. The van der Waals surface area contributed by atoms with Gasteiger partial charge in [-0.15, -0.1) is 0 Å². The number of aliphatic hydroxyl groups is 1. The first-order valence-corrected chi connectivity index (χ1v) is 11.8. The third kappa shape index (κ3) is 4.82. The van der Waals surface area contributed by atoms with Crippen LogP contribution < -0.4 is 16.0 Å². The normalized spacial score (nSPS) is 23.9. The van der Waals surface area contributed by atoms with Gasteiger partial charge in [-0.25, -0.2) is 4.79 Å². The van der Waals surface area contributed by atoms with Gasteiger partial charge in [0, 0.05) is 18.2 Å². The number of hydrogen-bond donors (Lipinski definition) is 1. The van der Waals surface area contributed by atoms with Gasteiger partial charge in [-0.1, -0.05) is 56.3 Å². The van der Waals surface area contributed by atoms with E-state index in [1.165, 1.54) is 16.8 Å². The van der Waals surface area contributed by atoms with Crippen molar-refractivity contribution in [3.8, 4) is 5.75 Å². The Bertz CT molecular complexity index is 1240. The molecular formula is C27H32N2O6. The van der Waals surface area contributed by atoms with Crippen LogP contribution in [0.5, 0.6) is 5.75 Å². The highest BCUT2D eigenvalue weighted by Crippen LogP contribution is 2.46. The molecule has 8 heteroatoms. The van der Waals surface area contributed by atoms with Gasteiger partial charge in [0.1, 0.15) is 11.4 Å². The summed E-state index contributed by atoms with van der Waals surface area (Å²) in [6.07, 6.45) is 0.998. The van der Waals surface area contributed by atoms with Gasteiger partial charge in [0.25, 0.3) is 5.56 Å². The summed E-state index contributed by atoms with van der Waals surface area (Å²) in [6, 6.07) is 18.2. The first-order chi connectivity index (χ1) is 16.9. The van der Waals surface area contributed by atoms with Gasteiger partial charge >= 0.3 is 5.69 Å². The maximum Gasteiger partial charge on any atom is 0.333 e. The summed E-state index contributed by atoms with van der Waals surface area (Å²) in [4.78, 5) is 26.2. The molecule has 1 aliphatic heterocycles. The lowest BCUT2D eigenvalue weighted by atomic mass is 9.85. The highest BCUT2D eigenvalue weighted by atomic mass is 16.6. The number of rotatable bonds is 9. The van der Waals surface area contributed by atoms with Crippen molar-refractivity contribution < 1.29 is 19.3 Å². The molecule has 0 saturated carbocycles. The first kappa shape index (κ1) is 24.9. The van der Waals surface area contributed by atoms with Crippen LogP contribution in [0.15, 0.2) is 76.4 Å². The molecule has 4 atom stereocenters. The van der Waals surface area contributed by atoms with E-state index >= 15 is 0 Å². The summed E-state index contributed by atoms with van der Waals surface area (Å²) in [6.45, 7) is 3.97. The van der Waals surface area contributed by atoms with Crippen molar-refractivity contribution in [2.45, 2.75) is 51.4 Å². The number of benzene rings is 2. The van der Waals surface area contributed by atoms with Crippen LogP contribution in [0.3, 0.4) is 0 Å². The van der Waals surface area contributed by atoms with E-state index < -0.39 is 23.1 Å². The number of hydrogen-bond acceptors (Lipinski definition) is 6. The van der Waals surface area contributed by atoms with Gasteiger partial charge in [-0.05, 0) is 29.7 Å². The molecule has 0 aliphatic carbocycles. The fourth-order valence-electron chi connectivity index (χ4n) is 4.72. The number of ether oxygens (including phenoxy) is 3. The predicted molar refractivity (Wildman–Crippen MR) is 131 cm³/mol. The maximum atomic E-state index is 13.6. The highest BCUT2D eigenvalue weighted by molar-refractivity contribution is 5.27. The summed E-state index contributed by atoms with van der Waals surface area (Å²) in [5, 5.41) is 10.6. The lowest BCUT2D eigenvalue weighted by molar-refractivity contribution is -0.166. The van der Waals surface area contributed by atoms with Crippen LogP contribution in [0.25, 0.3) is 0 Å². The molecule has 3 aromatic rings. The van der Waals surface area contributed by atoms with Crippen molar-refractivity contribution in [2.24, 2.45) is 5.92 Å². The third-order valence-corrected chi connectivity index (χ3v) is 6.90. The second-order valence-corrected chi connectivity index (χ2v) is 8.89. The molecule has 1 N–H and O–H groups in total. The molecule has 4 rings (SSSR count). The van der Waals surface area contributed by atoms with Crippen molar-refractivity contribution in [1.82, 2.24) is 9.13 Å². The molecular weight excluding hydrogens is 448 g/mol. The van der Waals surface area contributed by atoms with Crippen LogP contribution in [0, 0.1) is 5.92 Å². The largest absolute Gasteiger partial charge is 0.497 e. The first-order valence-electron chi connectivity index (χ1n) is 11.8. The van der Waals surface area contributed by atoms with Crippen LogP contribution in [0.1, 0.15) is 37.6 Å². The predicted octanol–water partition coefficient (Wildman–Crippen LogP) is 2.96. The van der Waals surface area contributed by atoms with Crippen molar-refractivity contribution >= 4 is 0 Å². The Kier molecular flexibility index (Phi) is 7.54. The number of aromatic nitrogens is 2. The highest BCUT2D eigenvalue weighted by Gasteiger charge is 2.56. The molecule has 35 heavy (non-hydrogen) atoms. The van der Waals surface area contributed by atoms with Gasteiger partial charge in [-0.3, -0.25) is 13.9 Å². The summed E-state index contributed by atoms with van der Waals surface area (Å²) >= 11 is 0. The van der Waals surface area contributed by atoms with Gasteiger partial charge in [0.05, 0.1) is 33.0 Å². The summed E-state index contributed by atoms with van der Waals surface area (Å²) < 4.78 is 20.4. The van der Waals surface area contributed by atoms with Crippen molar-refractivity contribution in [3.63, 3.8) is 0 Å². The fourth-order valence-corrected chi connectivity index (χ4v) is 4.72. The average Bonchev–Trinajstić information content (AvgIpc) is 3.17. The van der Waals surface area contributed by atoms with Crippen LogP contribution in [-0.2, 0) is 22.6 Å². The summed E-state index contributed by atoms with van der Waals surface area (Å²) in [5.41, 5.74) is -0.377. The molecule has 1 fully saturated rings. The van der Waals surface area contributed by atoms with E-state index in [0.29, 0.717) is 12.2 Å². The Labute approximate surface area is 204 Å². The fraction of sp³-hybridized carbons (Fsp3) is 0.407. The number of nitrogens with zero attached hydrogens (tertiary/aromatic N) is 2. The zero-order valence-electron chi connectivity index (χ0n) is 20.3. The maximum absolute atomic E-state index is 13.6. The molecule has 2 heterocycles. The van der Waals surface area contributed by atoms with E-state index in [1.807, 2.05) is 56.3 Å². The zero-order chi connectivity index (χ0) is 25.0. The lowest BCUT2D eigenvalue weighted by Crippen LogP contribution is -2.51. The monoisotopic (exact) mass is 480 g/mol. The van der Waals surface area contributed by atoms with Crippen molar-refractivity contribution in [1.29, 1.82) is 0 Å². The lowest BCUT2D eigenvalue weighted by Gasteiger charge is -2.36. The Morgan fingerprint density at radius 3 is 2.37 bits per heavy atom. The van der Waals surface area contributed by atoms with Crippen LogP contribution in [0.4, 0.5) is 0 Å². The minimum atomic E-state index is -1.16. The van der Waals surface area contributed by atoms with E-state index in [1.54, 1.807) is 19.2 Å². The minimum Gasteiger partial charge on any atom is -0.497 e. The molecule has 0 radical (unpaired) electrons. The van der Waals surface area contributed by atoms with Gasteiger partial charge in [-0.2, -0.15) is 0 Å². The van der Waals surface area contributed by atoms with Gasteiger partial charge in [0.2, 0.25) is 0 Å². The molecule has 8 nitrogen and oxygen atoms in total. The molecule has 1 saturated heterocycles. The smallest absolute Gasteiger partial charge is 0.333 e. The van der Waals surface area contributed by atoms with Crippen LogP contribution >= 0.6 is 0 Å². The molecule has 1 aromatic heterocycles. The molecule has 0 bridgehead atoms. The van der Waals surface area contributed by atoms with Crippen molar-refractivity contribution in [3.05, 3.63) is 98.8 Å². The summed E-state index contributed by atoms with van der Waals surface area (Å²) in [5.74, 6) is 0.494. The topological polar surface area (TPSA) is 91.9 Å². The van der Waals surface area contributed by atoms with E-state index in [2.05, 4.69) is 0 Å². The standard InChI is InChI=1S/C27H32N2O6/c1-4-23-19(2)27(18-30,34-17-21-8-6-5-7-9-21)25(35-23)28-15-14-24(31)29(26(28)32)16-20-10-12-22(33-3)13-11-20/h5-15,19,23,25,30H,4,16-18H2,1-3H3/t19-,23-,25-,27-/m1/s1. The van der Waals surface area contributed by atoms with Crippen molar-refractivity contribution in [2.75, 3.05) is 13.7 Å². The zero-order valence-corrected chi connectivity index (χ0v) is 20.3. The van der Waals surface area contributed by atoms with E-state index in [-0.39, 0.29) is 31.8 Å². The van der Waals surface area contributed by atoms with Gasteiger partial charge < -0.3 is 19.3 Å². The Balaban J connectivity index is 1.71. The second kappa shape index (κ2) is 10.6. The van der Waals surface area contributed by atoms with Crippen LogP contribution in [-0.4, -0.2) is 39.7 Å². The molecule has 186 valence electrons. The Morgan fingerprint density at radius 1 is 1.03 bits per heavy atom. The Morgan fingerprint density at radius 2 is 1.74 bits per heavy atom. The summed E-state index contributed by atoms with van der Waals surface area (Å²) in [7, 11) is 1.58. The SMILES string of the molecule is CC[C@H]1O[C@@H](n2ccc(=O)n(Cc3ccc(OC)cc3)c2=O)[C@](CO)(OCc2ccccc2)[C@@H]1C. The van der Waals surface area contributed by atoms with Gasteiger partial charge in [0.15, 0.2) is 6.23 Å². The number of methoxy groups -OCH3 is 1. The molecule has 0 spiro atoms. The number of aliphatic hydroxyl groups excluding tert-OH is 1.